The molecular weight excluding hydrogens is 370 g/mol. The summed E-state index contributed by atoms with van der Waals surface area (Å²) >= 11 is 1.57. The van der Waals surface area contributed by atoms with Crippen LogP contribution in [0.2, 0.25) is 0 Å². The van der Waals surface area contributed by atoms with Gasteiger partial charge in [0, 0.05) is 51.0 Å². The Morgan fingerprint density at radius 2 is 1.82 bits per heavy atom. The first-order valence-electron chi connectivity index (χ1n) is 10.1. The summed E-state index contributed by atoms with van der Waals surface area (Å²) in [5, 5.41) is 2.02. The van der Waals surface area contributed by atoms with Crippen molar-refractivity contribution in [1.29, 1.82) is 0 Å². The molecule has 0 saturated carbocycles. The van der Waals surface area contributed by atoms with Crippen LogP contribution >= 0.6 is 11.3 Å². The third-order valence-electron chi connectivity index (χ3n) is 6.01. The molecule has 2 aliphatic heterocycles. The summed E-state index contributed by atoms with van der Waals surface area (Å²) in [6.45, 7) is 7.94. The lowest BCUT2D eigenvalue weighted by Gasteiger charge is -2.44. The fraction of sp³-hybridized carbons (Fsp3) is 0.500. The molecule has 0 aliphatic carbocycles. The largest absolute Gasteiger partial charge is 0.497 e. The molecule has 1 aromatic carbocycles. The van der Waals surface area contributed by atoms with Gasteiger partial charge in [-0.25, -0.2) is 0 Å². The Labute approximate surface area is 171 Å². The van der Waals surface area contributed by atoms with E-state index in [9.17, 15) is 4.79 Å². The number of thiophene rings is 1. The number of nitrogens with zero attached hydrogens (tertiary/aromatic N) is 3. The number of ether oxygens (including phenoxy) is 1. The van der Waals surface area contributed by atoms with Crippen LogP contribution < -0.4 is 9.64 Å². The van der Waals surface area contributed by atoms with Crippen LogP contribution in [0.15, 0.2) is 35.7 Å². The van der Waals surface area contributed by atoms with Crippen molar-refractivity contribution in [3.8, 4) is 5.75 Å². The second-order valence-electron chi connectivity index (χ2n) is 7.70. The van der Waals surface area contributed by atoms with E-state index in [0.717, 1.165) is 61.9 Å². The van der Waals surface area contributed by atoms with E-state index in [-0.39, 0.29) is 5.91 Å². The van der Waals surface area contributed by atoms with Gasteiger partial charge in [-0.1, -0.05) is 0 Å². The monoisotopic (exact) mass is 399 g/mol. The van der Waals surface area contributed by atoms with Gasteiger partial charge in [-0.15, -0.1) is 11.3 Å². The van der Waals surface area contributed by atoms with E-state index in [0.29, 0.717) is 6.04 Å². The van der Waals surface area contributed by atoms with Crippen molar-refractivity contribution in [3.05, 3.63) is 46.2 Å². The molecule has 0 unspecified atom stereocenters. The lowest BCUT2D eigenvalue weighted by atomic mass is 10.0. The van der Waals surface area contributed by atoms with Crippen LogP contribution in [0.3, 0.4) is 0 Å². The van der Waals surface area contributed by atoms with Gasteiger partial charge < -0.3 is 14.5 Å². The van der Waals surface area contributed by atoms with Gasteiger partial charge in [-0.3, -0.25) is 9.69 Å². The minimum atomic E-state index is 0.217. The molecule has 1 atom stereocenters. The van der Waals surface area contributed by atoms with Gasteiger partial charge in [0.25, 0.3) is 5.91 Å². The highest BCUT2D eigenvalue weighted by Gasteiger charge is 2.31. The number of likely N-dealkylation sites (tertiary alicyclic amines) is 1. The van der Waals surface area contributed by atoms with Crippen molar-refractivity contribution in [2.24, 2.45) is 0 Å². The maximum Gasteiger partial charge on any atom is 0.264 e. The molecule has 0 bridgehead atoms. The van der Waals surface area contributed by atoms with Gasteiger partial charge in [-0.2, -0.15) is 0 Å². The standard InChI is InChI=1S/C22H29N3O2S/c1-17-9-15-28-21(17)22(26)25-10-3-4-19(16-25)24-13-11-23(12-14-24)18-5-7-20(27-2)8-6-18/h5-9,15,19H,3-4,10-14,16H2,1-2H3/t19-/m1/s1. The Kier molecular flexibility index (Phi) is 5.87. The molecule has 150 valence electrons. The minimum Gasteiger partial charge on any atom is -0.497 e. The fourth-order valence-electron chi connectivity index (χ4n) is 4.31. The zero-order valence-corrected chi connectivity index (χ0v) is 17.6. The number of benzene rings is 1. The highest BCUT2D eigenvalue weighted by atomic mass is 32.1. The van der Waals surface area contributed by atoms with Gasteiger partial charge in [0.2, 0.25) is 0 Å². The van der Waals surface area contributed by atoms with E-state index in [4.69, 9.17) is 4.74 Å². The molecule has 1 amide bonds. The molecule has 2 fully saturated rings. The van der Waals surface area contributed by atoms with Crippen LogP contribution in [0.5, 0.6) is 5.75 Å². The molecule has 2 saturated heterocycles. The number of amides is 1. The van der Waals surface area contributed by atoms with Crippen molar-refractivity contribution in [2.45, 2.75) is 25.8 Å². The molecule has 5 nitrogen and oxygen atoms in total. The number of hydrogen-bond donors (Lipinski definition) is 0. The molecule has 4 rings (SSSR count). The normalized spacial score (nSPS) is 21.0. The zero-order chi connectivity index (χ0) is 19.5. The summed E-state index contributed by atoms with van der Waals surface area (Å²) in [6, 6.07) is 10.9. The molecule has 28 heavy (non-hydrogen) atoms. The van der Waals surface area contributed by atoms with Crippen molar-refractivity contribution in [2.75, 3.05) is 51.3 Å². The summed E-state index contributed by atoms with van der Waals surface area (Å²) < 4.78 is 5.26. The highest BCUT2D eigenvalue weighted by molar-refractivity contribution is 7.12. The maximum absolute atomic E-state index is 12.9. The van der Waals surface area contributed by atoms with Gasteiger partial charge in [0.15, 0.2) is 0 Å². The van der Waals surface area contributed by atoms with Gasteiger partial charge in [-0.05, 0) is 61.0 Å². The Morgan fingerprint density at radius 3 is 2.46 bits per heavy atom. The van der Waals surface area contributed by atoms with E-state index in [1.54, 1.807) is 18.4 Å². The summed E-state index contributed by atoms with van der Waals surface area (Å²) in [5.41, 5.74) is 2.36. The Morgan fingerprint density at radius 1 is 1.07 bits per heavy atom. The van der Waals surface area contributed by atoms with Gasteiger partial charge in [0.1, 0.15) is 5.75 Å². The Hall–Kier alpha value is -2.05. The second-order valence-corrected chi connectivity index (χ2v) is 8.62. The molecule has 6 heteroatoms. The molecule has 0 N–H and O–H groups in total. The third kappa shape index (κ3) is 4.03. The molecule has 3 heterocycles. The number of piperazine rings is 1. The molecule has 2 aliphatic rings. The lowest BCUT2D eigenvalue weighted by molar-refractivity contribution is 0.0567. The number of aryl methyl sites for hydroxylation is 1. The molecule has 0 spiro atoms. The predicted octanol–water partition coefficient (Wildman–Crippen LogP) is 3.49. The quantitative estimate of drug-likeness (QED) is 0.789. The Bertz CT molecular complexity index is 796. The number of piperidine rings is 1. The van der Waals surface area contributed by atoms with E-state index in [1.165, 1.54) is 12.1 Å². The Balaban J connectivity index is 1.34. The van der Waals surface area contributed by atoms with Crippen LogP contribution in [-0.2, 0) is 0 Å². The van der Waals surface area contributed by atoms with Crippen molar-refractivity contribution >= 4 is 22.9 Å². The minimum absolute atomic E-state index is 0.217. The third-order valence-corrected chi connectivity index (χ3v) is 7.01. The topological polar surface area (TPSA) is 36.0 Å². The molecular formula is C22H29N3O2S. The summed E-state index contributed by atoms with van der Waals surface area (Å²) in [4.78, 5) is 20.9. The van der Waals surface area contributed by atoms with Gasteiger partial charge >= 0.3 is 0 Å². The summed E-state index contributed by atoms with van der Waals surface area (Å²) in [7, 11) is 1.70. The average molecular weight is 400 g/mol. The number of hydrogen-bond acceptors (Lipinski definition) is 5. The highest BCUT2D eigenvalue weighted by Crippen LogP contribution is 2.25. The van der Waals surface area contributed by atoms with Crippen LogP contribution in [0.1, 0.15) is 28.1 Å². The van der Waals surface area contributed by atoms with E-state index in [1.807, 2.05) is 30.5 Å². The number of rotatable bonds is 4. The van der Waals surface area contributed by atoms with E-state index >= 15 is 0 Å². The SMILES string of the molecule is COc1ccc(N2CCN([C@@H]3CCCN(C(=O)c4sccc4C)C3)CC2)cc1. The van der Waals surface area contributed by atoms with Crippen molar-refractivity contribution in [3.63, 3.8) is 0 Å². The van der Waals surface area contributed by atoms with Crippen LogP contribution in [0.25, 0.3) is 0 Å². The van der Waals surface area contributed by atoms with Crippen LogP contribution in [-0.4, -0.2) is 68.1 Å². The number of methoxy groups -OCH3 is 1. The smallest absolute Gasteiger partial charge is 0.264 e. The first-order valence-corrected chi connectivity index (χ1v) is 11.0. The van der Waals surface area contributed by atoms with Crippen LogP contribution in [0.4, 0.5) is 5.69 Å². The fourth-order valence-corrected chi connectivity index (χ4v) is 5.20. The number of anilines is 1. The zero-order valence-electron chi connectivity index (χ0n) is 16.8. The average Bonchev–Trinajstić information content (AvgIpc) is 3.19. The van der Waals surface area contributed by atoms with Gasteiger partial charge in [0.05, 0.1) is 12.0 Å². The van der Waals surface area contributed by atoms with Crippen LogP contribution in [0, 0.1) is 6.92 Å². The second kappa shape index (κ2) is 8.53. The van der Waals surface area contributed by atoms with Crippen molar-refractivity contribution in [1.82, 2.24) is 9.80 Å². The number of carbonyl (C=O) groups excluding carboxylic acids is 1. The van der Waals surface area contributed by atoms with E-state index < -0.39 is 0 Å². The first kappa shape index (κ1) is 19.3. The first-order chi connectivity index (χ1) is 13.7. The molecule has 0 radical (unpaired) electrons. The number of carbonyl (C=O) groups is 1. The molecule has 1 aromatic heterocycles. The molecule has 2 aromatic rings. The summed E-state index contributed by atoms with van der Waals surface area (Å²) in [5.74, 6) is 1.12. The van der Waals surface area contributed by atoms with Crippen molar-refractivity contribution < 1.29 is 9.53 Å². The maximum atomic E-state index is 12.9. The predicted molar refractivity (Wildman–Crippen MR) is 115 cm³/mol. The van der Waals surface area contributed by atoms with E-state index in [2.05, 4.69) is 26.8 Å². The lowest BCUT2D eigenvalue weighted by Crippen LogP contribution is -2.55. The summed E-state index contributed by atoms with van der Waals surface area (Å²) in [6.07, 6.45) is 2.29.